The topological polar surface area (TPSA) is 35.2 Å². The second-order valence-electron chi connectivity index (χ2n) is 4.61. The molecule has 0 saturated carbocycles. The number of nitrogens with two attached hydrogens (primary N) is 1. The normalized spacial score (nSPS) is 21.2. The Labute approximate surface area is 110 Å². The fraction of sp³-hybridized carbons (Fsp3) is 0.538. The van der Waals surface area contributed by atoms with Gasteiger partial charge in [0.2, 0.25) is 0 Å². The highest BCUT2D eigenvalue weighted by Gasteiger charge is 2.19. The SMILES string of the molecule is NC(CCC1CCCO1)c1cc(F)c(F)cc1Cl. The third kappa shape index (κ3) is 3.19. The highest BCUT2D eigenvalue weighted by molar-refractivity contribution is 6.31. The maximum atomic E-state index is 13.1. The van der Waals surface area contributed by atoms with E-state index in [-0.39, 0.29) is 11.1 Å². The Hall–Kier alpha value is -0.710. The first-order chi connectivity index (χ1) is 8.58. The molecule has 0 spiro atoms. The van der Waals surface area contributed by atoms with Crippen molar-refractivity contribution in [1.29, 1.82) is 0 Å². The molecule has 2 nitrogen and oxygen atoms in total. The minimum atomic E-state index is -0.949. The number of benzene rings is 1. The molecule has 1 aliphatic heterocycles. The largest absolute Gasteiger partial charge is 0.378 e. The second-order valence-corrected chi connectivity index (χ2v) is 5.01. The molecule has 2 unspecified atom stereocenters. The van der Waals surface area contributed by atoms with Crippen molar-refractivity contribution in [1.82, 2.24) is 0 Å². The van der Waals surface area contributed by atoms with Gasteiger partial charge in [0.25, 0.3) is 0 Å². The van der Waals surface area contributed by atoms with Crippen LogP contribution in [0.4, 0.5) is 8.78 Å². The van der Waals surface area contributed by atoms with Crippen LogP contribution in [0, 0.1) is 11.6 Å². The molecule has 100 valence electrons. The van der Waals surface area contributed by atoms with Crippen molar-refractivity contribution >= 4 is 11.6 Å². The van der Waals surface area contributed by atoms with Gasteiger partial charge in [0.05, 0.1) is 6.10 Å². The predicted octanol–water partition coefficient (Wildman–Crippen LogP) is 3.58. The van der Waals surface area contributed by atoms with Crippen LogP contribution in [-0.2, 0) is 4.74 Å². The molecule has 0 amide bonds. The first kappa shape index (κ1) is 13.7. The van der Waals surface area contributed by atoms with E-state index in [1.54, 1.807) is 0 Å². The fourth-order valence-electron chi connectivity index (χ4n) is 2.22. The Morgan fingerprint density at radius 1 is 1.39 bits per heavy atom. The molecule has 1 saturated heterocycles. The summed E-state index contributed by atoms with van der Waals surface area (Å²) in [6, 6.07) is 1.66. The Balaban J connectivity index is 1.99. The molecule has 5 heteroatoms. The van der Waals surface area contributed by atoms with Gasteiger partial charge in [-0.05, 0) is 43.4 Å². The molecule has 1 aliphatic rings. The van der Waals surface area contributed by atoms with Crippen LogP contribution in [0.3, 0.4) is 0 Å². The van der Waals surface area contributed by atoms with Crippen molar-refractivity contribution in [2.24, 2.45) is 5.73 Å². The second kappa shape index (κ2) is 5.95. The molecule has 2 rings (SSSR count). The molecule has 2 atom stereocenters. The summed E-state index contributed by atoms with van der Waals surface area (Å²) in [7, 11) is 0. The van der Waals surface area contributed by atoms with Gasteiger partial charge in [-0.1, -0.05) is 11.6 Å². The maximum absolute atomic E-state index is 13.1. The average Bonchev–Trinajstić information content (AvgIpc) is 2.84. The van der Waals surface area contributed by atoms with Crippen molar-refractivity contribution in [3.05, 3.63) is 34.4 Å². The quantitative estimate of drug-likeness (QED) is 0.853. The van der Waals surface area contributed by atoms with E-state index in [0.29, 0.717) is 12.0 Å². The molecule has 1 heterocycles. The van der Waals surface area contributed by atoms with E-state index in [4.69, 9.17) is 22.1 Å². The Morgan fingerprint density at radius 3 is 2.78 bits per heavy atom. The van der Waals surface area contributed by atoms with Gasteiger partial charge in [0.1, 0.15) is 0 Å². The van der Waals surface area contributed by atoms with E-state index < -0.39 is 17.7 Å². The molecule has 0 aromatic heterocycles. The van der Waals surface area contributed by atoms with Crippen molar-refractivity contribution in [3.63, 3.8) is 0 Å². The summed E-state index contributed by atoms with van der Waals surface area (Å²) in [4.78, 5) is 0. The van der Waals surface area contributed by atoms with Crippen molar-refractivity contribution < 1.29 is 13.5 Å². The Morgan fingerprint density at radius 2 is 2.11 bits per heavy atom. The van der Waals surface area contributed by atoms with Crippen LogP contribution in [-0.4, -0.2) is 12.7 Å². The molecule has 0 bridgehead atoms. The first-order valence-corrected chi connectivity index (χ1v) is 6.47. The summed E-state index contributed by atoms with van der Waals surface area (Å²) in [5.74, 6) is -1.86. The van der Waals surface area contributed by atoms with Gasteiger partial charge in [-0.15, -0.1) is 0 Å². The lowest BCUT2D eigenvalue weighted by Crippen LogP contribution is -2.15. The van der Waals surface area contributed by atoms with Crippen LogP contribution >= 0.6 is 11.6 Å². The molecular formula is C13H16ClF2NO. The number of halogens is 3. The van der Waals surface area contributed by atoms with Crippen LogP contribution in [0.5, 0.6) is 0 Å². The van der Waals surface area contributed by atoms with E-state index in [9.17, 15) is 8.78 Å². The molecular weight excluding hydrogens is 260 g/mol. The van der Waals surface area contributed by atoms with Crippen LogP contribution < -0.4 is 5.73 Å². The minimum Gasteiger partial charge on any atom is -0.378 e. The van der Waals surface area contributed by atoms with Gasteiger partial charge < -0.3 is 10.5 Å². The summed E-state index contributed by atoms with van der Waals surface area (Å²) < 4.78 is 31.6. The summed E-state index contributed by atoms with van der Waals surface area (Å²) in [5.41, 5.74) is 6.42. The third-order valence-electron chi connectivity index (χ3n) is 3.26. The summed E-state index contributed by atoms with van der Waals surface area (Å²) in [6.07, 6.45) is 3.82. The molecule has 18 heavy (non-hydrogen) atoms. The van der Waals surface area contributed by atoms with Gasteiger partial charge >= 0.3 is 0 Å². The average molecular weight is 276 g/mol. The van der Waals surface area contributed by atoms with E-state index in [0.717, 1.165) is 38.0 Å². The van der Waals surface area contributed by atoms with E-state index in [1.165, 1.54) is 0 Å². The number of ether oxygens (including phenoxy) is 1. The zero-order chi connectivity index (χ0) is 13.1. The lowest BCUT2D eigenvalue weighted by molar-refractivity contribution is 0.101. The van der Waals surface area contributed by atoms with Gasteiger partial charge in [-0.3, -0.25) is 0 Å². The molecule has 0 aliphatic carbocycles. The van der Waals surface area contributed by atoms with Gasteiger partial charge in [0, 0.05) is 17.7 Å². The van der Waals surface area contributed by atoms with Crippen molar-refractivity contribution in [3.8, 4) is 0 Å². The van der Waals surface area contributed by atoms with Crippen LogP contribution in [0.2, 0.25) is 5.02 Å². The van der Waals surface area contributed by atoms with Gasteiger partial charge in [-0.25, -0.2) is 8.78 Å². The van der Waals surface area contributed by atoms with Crippen LogP contribution in [0.15, 0.2) is 12.1 Å². The molecule has 1 fully saturated rings. The minimum absolute atomic E-state index is 0.175. The summed E-state index contributed by atoms with van der Waals surface area (Å²) >= 11 is 5.87. The number of rotatable bonds is 4. The fourth-order valence-corrected chi connectivity index (χ4v) is 2.51. The van der Waals surface area contributed by atoms with Crippen LogP contribution in [0.1, 0.15) is 37.3 Å². The number of hydrogen-bond donors (Lipinski definition) is 1. The summed E-state index contributed by atoms with van der Waals surface area (Å²) in [5, 5.41) is 0.175. The van der Waals surface area contributed by atoms with Crippen LogP contribution in [0.25, 0.3) is 0 Å². The van der Waals surface area contributed by atoms with E-state index >= 15 is 0 Å². The zero-order valence-corrected chi connectivity index (χ0v) is 10.7. The van der Waals surface area contributed by atoms with Gasteiger partial charge in [-0.2, -0.15) is 0 Å². The van der Waals surface area contributed by atoms with Crippen molar-refractivity contribution in [2.75, 3.05) is 6.61 Å². The monoisotopic (exact) mass is 275 g/mol. The smallest absolute Gasteiger partial charge is 0.160 e. The molecule has 0 radical (unpaired) electrons. The maximum Gasteiger partial charge on any atom is 0.160 e. The predicted molar refractivity (Wildman–Crippen MR) is 66.5 cm³/mol. The standard InChI is InChI=1S/C13H16ClF2NO/c14-10-7-12(16)11(15)6-9(10)13(17)4-3-8-2-1-5-18-8/h6-8,13H,1-5,17H2. The van der Waals surface area contributed by atoms with Crippen molar-refractivity contribution in [2.45, 2.75) is 37.8 Å². The van der Waals surface area contributed by atoms with Gasteiger partial charge in [0.15, 0.2) is 11.6 Å². The number of hydrogen-bond acceptors (Lipinski definition) is 2. The van der Waals surface area contributed by atoms with E-state index in [2.05, 4.69) is 0 Å². The molecule has 1 aromatic carbocycles. The highest BCUT2D eigenvalue weighted by Crippen LogP contribution is 2.28. The zero-order valence-electron chi connectivity index (χ0n) is 9.96. The Bertz CT molecular complexity index is 422. The lowest BCUT2D eigenvalue weighted by atomic mass is 10.00. The van der Waals surface area contributed by atoms with E-state index in [1.807, 2.05) is 0 Å². The highest BCUT2D eigenvalue weighted by atomic mass is 35.5. The first-order valence-electron chi connectivity index (χ1n) is 6.09. The molecule has 1 aromatic rings. The summed E-state index contributed by atoms with van der Waals surface area (Å²) in [6.45, 7) is 0.797. The molecule has 2 N–H and O–H groups in total. The Kier molecular flexibility index (Phi) is 4.54. The lowest BCUT2D eigenvalue weighted by Gasteiger charge is -2.16. The third-order valence-corrected chi connectivity index (χ3v) is 3.59.